The Balaban J connectivity index is 1.89. The molecular formula is C11H11N7O. The van der Waals surface area contributed by atoms with E-state index in [-0.39, 0.29) is 0 Å². The lowest BCUT2D eigenvalue weighted by molar-refractivity contribution is 0.367. The fourth-order valence-corrected chi connectivity index (χ4v) is 1.62. The third-order valence-corrected chi connectivity index (χ3v) is 2.58. The van der Waals surface area contributed by atoms with Crippen molar-refractivity contribution in [3.8, 4) is 11.5 Å². The highest BCUT2D eigenvalue weighted by molar-refractivity contribution is 5.45. The average Bonchev–Trinajstić information content (AvgIpc) is 3.08. The van der Waals surface area contributed by atoms with Crippen molar-refractivity contribution in [1.29, 1.82) is 0 Å². The Hall–Kier alpha value is -2.61. The first kappa shape index (κ1) is 11.5. The summed E-state index contributed by atoms with van der Waals surface area (Å²) < 4.78 is 6.82. The highest BCUT2D eigenvalue weighted by atomic mass is 16.5. The summed E-state index contributed by atoms with van der Waals surface area (Å²) in [5, 5.41) is 7.90. The number of aromatic nitrogens is 6. The summed E-state index contributed by atoms with van der Waals surface area (Å²) in [7, 11) is 1.81. The second kappa shape index (κ2) is 4.58. The topological polar surface area (TPSA) is 109 Å². The van der Waals surface area contributed by atoms with Gasteiger partial charge in [0.1, 0.15) is 11.7 Å². The molecule has 3 rings (SSSR count). The summed E-state index contributed by atoms with van der Waals surface area (Å²) in [5.74, 6) is 0.677. The Bertz CT molecular complexity index is 675. The highest BCUT2D eigenvalue weighted by Crippen LogP contribution is 2.19. The largest absolute Gasteiger partial charge is 0.337 e. The van der Waals surface area contributed by atoms with Crippen molar-refractivity contribution < 1.29 is 4.52 Å². The summed E-state index contributed by atoms with van der Waals surface area (Å²) >= 11 is 0. The summed E-state index contributed by atoms with van der Waals surface area (Å²) in [5.41, 5.74) is 7.38. The van der Waals surface area contributed by atoms with E-state index in [0.717, 1.165) is 5.56 Å². The van der Waals surface area contributed by atoms with E-state index in [4.69, 9.17) is 10.3 Å². The Morgan fingerprint density at radius 2 is 2.21 bits per heavy atom. The van der Waals surface area contributed by atoms with Crippen LogP contribution in [0, 0.1) is 0 Å². The minimum atomic E-state index is -0.508. The Kier molecular flexibility index (Phi) is 2.76. The molecule has 19 heavy (non-hydrogen) atoms. The van der Waals surface area contributed by atoms with Crippen LogP contribution in [0.25, 0.3) is 11.5 Å². The summed E-state index contributed by atoms with van der Waals surface area (Å²) in [6, 6.07) is -0.508. The van der Waals surface area contributed by atoms with E-state index in [1.165, 1.54) is 0 Å². The first-order valence-electron chi connectivity index (χ1n) is 5.58. The van der Waals surface area contributed by atoms with Gasteiger partial charge in [0.2, 0.25) is 11.7 Å². The molecule has 1 atom stereocenters. The maximum absolute atomic E-state index is 6.04. The molecule has 0 spiro atoms. The fourth-order valence-electron chi connectivity index (χ4n) is 1.62. The number of nitrogens with zero attached hydrogens (tertiary/aromatic N) is 6. The molecule has 0 saturated heterocycles. The smallest absolute Gasteiger partial charge is 0.248 e. The van der Waals surface area contributed by atoms with E-state index >= 15 is 0 Å². The SMILES string of the molecule is Cn1cc(C(N)c2nc(-c3cnccn3)no2)cn1. The first-order valence-corrected chi connectivity index (χ1v) is 5.58. The maximum atomic E-state index is 6.04. The van der Waals surface area contributed by atoms with Gasteiger partial charge in [-0.15, -0.1) is 0 Å². The van der Waals surface area contributed by atoms with Crippen molar-refractivity contribution in [2.24, 2.45) is 12.8 Å². The number of hydrogen-bond acceptors (Lipinski definition) is 7. The molecule has 8 nitrogen and oxygen atoms in total. The number of nitrogens with two attached hydrogens (primary N) is 1. The van der Waals surface area contributed by atoms with Gasteiger partial charge in [0, 0.05) is 31.2 Å². The van der Waals surface area contributed by atoms with Gasteiger partial charge in [0.15, 0.2) is 0 Å². The van der Waals surface area contributed by atoms with Crippen LogP contribution in [0.5, 0.6) is 0 Å². The summed E-state index contributed by atoms with van der Waals surface area (Å²) in [4.78, 5) is 12.3. The summed E-state index contributed by atoms with van der Waals surface area (Å²) in [6.07, 6.45) is 8.16. The zero-order chi connectivity index (χ0) is 13.2. The molecule has 0 saturated carbocycles. The van der Waals surface area contributed by atoms with Crippen molar-refractivity contribution in [2.75, 3.05) is 0 Å². The molecule has 0 aliphatic heterocycles. The van der Waals surface area contributed by atoms with E-state index in [0.29, 0.717) is 17.4 Å². The van der Waals surface area contributed by atoms with Gasteiger partial charge < -0.3 is 10.3 Å². The van der Waals surface area contributed by atoms with Crippen LogP contribution in [0.2, 0.25) is 0 Å². The molecule has 1 unspecified atom stereocenters. The first-order chi connectivity index (χ1) is 9.24. The lowest BCUT2D eigenvalue weighted by atomic mass is 10.2. The van der Waals surface area contributed by atoms with Crippen LogP contribution < -0.4 is 5.73 Å². The molecule has 0 amide bonds. The van der Waals surface area contributed by atoms with Crippen LogP contribution in [0.4, 0.5) is 0 Å². The quantitative estimate of drug-likeness (QED) is 0.719. The maximum Gasteiger partial charge on any atom is 0.248 e. The second-order valence-electron chi connectivity index (χ2n) is 3.97. The van der Waals surface area contributed by atoms with Gasteiger partial charge in [0.05, 0.1) is 12.4 Å². The zero-order valence-electron chi connectivity index (χ0n) is 10.1. The molecule has 8 heteroatoms. The van der Waals surface area contributed by atoms with Crippen LogP contribution >= 0.6 is 0 Å². The molecular weight excluding hydrogens is 246 g/mol. The second-order valence-corrected chi connectivity index (χ2v) is 3.97. The van der Waals surface area contributed by atoms with Crippen molar-refractivity contribution in [3.63, 3.8) is 0 Å². The molecule has 3 aromatic heterocycles. The van der Waals surface area contributed by atoms with Crippen molar-refractivity contribution in [1.82, 2.24) is 29.9 Å². The monoisotopic (exact) mass is 257 g/mol. The van der Waals surface area contributed by atoms with Crippen LogP contribution in [0.3, 0.4) is 0 Å². The summed E-state index contributed by atoms with van der Waals surface area (Å²) in [6.45, 7) is 0. The standard InChI is InChI=1S/C11H11N7O/c1-18-6-7(4-15-18)9(12)11-16-10(17-19-11)8-5-13-2-3-14-8/h2-6,9H,12H2,1H3. The van der Waals surface area contributed by atoms with E-state index in [1.54, 1.807) is 35.7 Å². The van der Waals surface area contributed by atoms with Crippen molar-refractivity contribution in [3.05, 3.63) is 42.4 Å². The highest BCUT2D eigenvalue weighted by Gasteiger charge is 2.19. The Morgan fingerprint density at radius 1 is 1.32 bits per heavy atom. The van der Waals surface area contributed by atoms with Crippen LogP contribution in [0.1, 0.15) is 17.5 Å². The molecule has 0 aromatic carbocycles. The number of hydrogen-bond donors (Lipinski definition) is 1. The predicted octanol–water partition coefficient (Wildman–Crippen LogP) is 0.308. The van der Waals surface area contributed by atoms with Gasteiger partial charge in [-0.25, -0.2) is 4.98 Å². The normalized spacial score (nSPS) is 12.5. The van der Waals surface area contributed by atoms with Gasteiger partial charge in [-0.05, 0) is 0 Å². The third-order valence-electron chi connectivity index (χ3n) is 2.58. The minimum absolute atomic E-state index is 0.314. The molecule has 0 bridgehead atoms. The third kappa shape index (κ3) is 2.20. The molecule has 3 aromatic rings. The molecule has 2 N–H and O–H groups in total. The van der Waals surface area contributed by atoms with Crippen molar-refractivity contribution in [2.45, 2.75) is 6.04 Å². The predicted molar refractivity (Wildman–Crippen MR) is 64.6 cm³/mol. The molecule has 0 fully saturated rings. The van der Waals surface area contributed by atoms with Gasteiger partial charge in [-0.3, -0.25) is 9.67 Å². The lowest BCUT2D eigenvalue weighted by Gasteiger charge is -2.01. The Labute approximate surface area is 108 Å². The average molecular weight is 257 g/mol. The van der Waals surface area contributed by atoms with Crippen molar-refractivity contribution >= 4 is 0 Å². The molecule has 96 valence electrons. The van der Waals surface area contributed by atoms with E-state index < -0.39 is 6.04 Å². The zero-order valence-corrected chi connectivity index (χ0v) is 10.1. The van der Waals surface area contributed by atoms with Crippen LogP contribution in [-0.4, -0.2) is 29.9 Å². The Morgan fingerprint density at radius 3 is 2.89 bits per heavy atom. The van der Waals surface area contributed by atoms with Crippen LogP contribution in [-0.2, 0) is 7.05 Å². The molecule has 3 heterocycles. The number of rotatable bonds is 3. The number of aryl methyl sites for hydroxylation is 1. The molecule has 0 aliphatic rings. The van der Waals surface area contributed by atoms with E-state index in [1.807, 2.05) is 7.05 Å². The van der Waals surface area contributed by atoms with E-state index in [9.17, 15) is 0 Å². The van der Waals surface area contributed by atoms with Gasteiger partial charge in [0.25, 0.3) is 0 Å². The van der Waals surface area contributed by atoms with Gasteiger partial charge in [-0.1, -0.05) is 5.16 Å². The van der Waals surface area contributed by atoms with Gasteiger partial charge >= 0.3 is 0 Å². The van der Waals surface area contributed by atoms with E-state index in [2.05, 4.69) is 25.2 Å². The minimum Gasteiger partial charge on any atom is -0.337 e. The molecule has 0 aliphatic carbocycles. The van der Waals surface area contributed by atoms with Crippen LogP contribution in [0.15, 0.2) is 35.5 Å². The lowest BCUT2D eigenvalue weighted by Crippen LogP contribution is -2.11. The molecule has 0 radical (unpaired) electrons. The fraction of sp³-hybridized carbons (Fsp3) is 0.182. The van der Waals surface area contributed by atoms with Gasteiger partial charge in [-0.2, -0.15) is 10.1 Å².